The van der Waals surface area contributed by atoms with E-state index in [1.54, 1.807) is 36.4 Å². The average molecular weight is 501 g/mol. The number of pyridine rings is 1. The summed E-state index contributed by atoms with van der Waals surface area (Å²) in [6.07, 6.45) is 3.98. The van der Waals surface area contributed by atoms with Crippen LogP contribution in [0.5, 0.6) is 0 Å². The molecule has 0 radical (unpaired) electrons. The Morgan fingerprint density at radius 3 is 2.69 bits per heavy atom. The van der Waals surface area contributed by atoms with Crippen molar-refractivity contribution < 1.29 is 13.6 Å². The molecule has 5 rings (SSSR count). The van der Waals surface area contributed by atoms with E-state index in [0.29, 0.717) is 29.8 Å². The molecule has 0 spiro atoms. The minimum atomic E-state index is -0.251. The molecule has 3 aromatic heterocycles. The molecule has 36 heavy (non-hydrogen) atoms. The molecule has 0 aliphatic carbocycles. The zero-order chi connectivity index (χ0) is 24.9. The van der Waals surface area contributed by atoms with Gasteiger partial charge < -0.3 is 9.73 Å². The van der Waals surface area contributed by atoms with Crippen LogP contribution in [0.25, 0.3) is 11.2 Å². The van der Waals surface area contributed by atoms with Crippen molar-refractivity contribution in [1.29, 1.82) is 0 Å². The van der Waals surface area contributed by atoms with Gasteiger partial charge in [-0.25, -0.2) is 14.4 Å². The van der Waals surface area contributed by atoms with Crippen LogP contribution < -0.4 is 5.32 Å². The minimum Gasteiger partial charge on any atom is -0.469 e. The third kappa shape index (κ3) is 5.49. The summed E-state index contributed by atoms with van der Waals surface area (Å²) in [4.78, 5) is 21.8. The Labute approximate surface area is 212 Å². The van der Waals surface area contributed by atoms with Crippen LogP contribution in [-0.4, -0.2) is 26.5 Å². The Kier molecular flexibility index (Phi) is 7.13. The van der Waals surface area contributed by atoms with Gasteiger partial charge in [0.25, 0.3) is 5.91 Å². The predicted molar refractivity (Wildman–Crippen MR) is 138 cm³/mol. The van der Waals surface area contributed by atoms with E-state index in [1.807, 2.05) is 66.1 Å². The molecule has 0 aliphatic rings. The van der Waals surface area contributed by atoms with E-state index in [2.05, 4.69) is 10.3 Å². The van der Waals surface area contributed by atoms with Crippen LogP contribution in [0.3, 0.4) is 0 Å². The quantitative estimate of drug-likeness (QED) is 0.257. The van der Waals surface area contributed by atoms with Crippen LogP contribution in [0, 0.1) is 5.82 Å². The fraction of sp³-hybridized carbons (Fsp3) is 0.179. The Balaban J connectivity index is 1.26. The third-order valence-electron chi connectivity index (χ3n) is 5.80. The van der Waals surface area contributed by atoms with Crippen LogP contribution in [-0.2, 0) is 18.7 Å². The van der Waals surface area contributed by atoms with Gasteiger partial charge in [-0.3, -0.25) is 9.36 Å². The molecule has 8 heteroatoms. The Hall–Kier alpha value is -3.91. The highest BCUT2D eigenvalue weighted by molar-refractivity contribution is 7.98. The summed E-state index contributed by atoms with van der Waals surface area (Å²) in [6.45, 7) is 2.30. The minimum absolute atomic E-state index is 0.0464. The lowest BCUT2D eigenvalue weighted by atomic mass is 10.1. The number of carbonyl (C=O) groups excluding carboxylic acids is 1. The number of halogens is 1. The van der Waals surface area contributed by atoms with Crippen molar-refractivity contribution >= 4 is 28.8 Å². The standard InChI is InChI=1S/C28H25FN4O2S/c1-19(16-23-7-5-15-35-23)31-27(34)21-12-10-20(11-13-21)18-36-28-32-25-9-4-14-30-26(25)33(28)17-22-6-2-3-8-24(22)29/h2-15,19H,16-18H2,1H3,(H,31,34). The van der Waals surface area contributed by atoms with Crippen LogP contribution in [0.1, 0.15) is 34.2 Å². The van der Waals surface area contributed by atoms with E-state index in [0.717, 1.165) is 27.6 Å². The molecule has 0 saturated heterocycles. The first-order valence-corrected chi connectivity index (χ1v) is 12.6. The maximum Gasteiger partial charge on any atom is 0.251 e. The van der Waals surface area contributed by atoms with E-state index in [9.17, 15) is 9.18 Å². The Morgan fingerprint density at radius 2 is 1.92 bits per heavy atom. The number of aromatic nitrogens is 3. The van der Waals surface area contributed by atoms with Crippen molar-refractivity contribution in [2.45, 2.75) is 36.8 Å². The molecular weight excluding hydrogens is 475 g/mol. The Bertz CT molecular complexity index is 1460. The third-order valence-corrected chi connectivity index (χ3v) is 6.85. The summed E-state index contributed by atoms with van der Waals surface area (Å²) < 4.78 is 21.6. The number of benzene rings is 2. The van der Waals surface area contributed by atoms with Crippen LogP contribution in [0.4, 0.5) is 4.39 Å². The van der Waals surface area contributed by atoms with Gasteiger partial charge in [-0.1, -0.05) is 42.1 Å². The second-order valence-electron chi connectivity index (χ2n) is 8.56. The van der Waals surface area contributed by atoms with Gasteiger partial charge in [-0.15, -0.1) is 0 Å². The number of furan rings is 1. The molecule has 0 fully saturated rings. The summed E-state index contributed by atoms with van der Waals surface area (Å²) in [6, 6.07) is 21.7. The topological polar surface area (TPSA) is 73.0 Å². The highest BCUT2D eigenvalue weighted by Crippen LogP contribution is 2.27. The zero-order valence-electron chi connectivity index (χ0n) is 19.7. The molecule has 1 amide bonds. The molecule has 182 valence electrons. The van der Waals surface area contributed by atoms with Crippen molar-refractivity contribution in [2.75, 3.05) is 0 Å². The molecule has 1 N–H and O–H groups in total. The molecular formula is C28H25FN4O2S. The first-order chi connectivity index (χ1) is 17.6. The first kappa shape index (κ1) is 23.8. The Morgan fingerprint density at radius 1 is 1.08 bits per heavy atom. The van der Waals surface area contributed by atoms with Gasteiger partial charge >= 0.3 is 0 Å². The maximum absolute atomic E-state index is 14.3. The number of nitrogens with one attached hydrogen (secondary N) is 1. The molecule has 0 saturated carbocycles. The fourth-order valence-corrected chi connectivity index (χ4v) is 4.93. The summed E-state index contributed by atoms with van der Waals surface area (Å²) in [5.74, 6) is 1.12. The highest BCUT2D eigenvalue weighted by Gasteiger charge is 2.15. The smallest absolute Gasteiger partial charge is 0.251 e. The second kappa shape index (κ2) is 10.8. The first-order valence-electron chi connectivity index (χ1n) is 11.7. The summed E-state index contributed by atoms with van der Waals surface area (Å²) in [5.41, 5.74) is 3.73. The monoisotopic (exact) mass is 500 g/mol. The molecule has 2 aromatic carbocycles. The number of imidazole rings is 1. The number of amides is 1. The van der Waals surface area contributed by atoms with Crippen LogP contribution in [0.2, 0.25) is 0 Å². The number of hydrogen-bond donors (Lipinski definition) is 1. The van der Waals surface area contributed by atoms with E-state index < -0.39 is 0 Å². The van der Waals surface area contributed by atoms with Crippen LogP contribution in [0.15, 0.2) is 94.8 Å². The lowest BCUT2D eigenvalue weighted by Gasteiger charge is -2.13. The van der Waals surface area contributed by atoms with E-state index in [1.165, 1.54) is 6.07 Å². The molecule has 0 bridgehead atoms. The number of rotatable bonds is 9. The normalized spacial score (nSPS) is 12.1. The lowest BCUT2D eigenvalue weighted by Crippen LogP contribution is -2.33. The molecule has 1 unspecified atom stereocenters. The van der Waals surface area contributed by atoms with E-state index in [-0.39, 0.29) is 17.8 Å². The number of hydrogen-bond acceptors (Lipinski definition) is 5. The number of thioether (sulfide) groups is 1. The lowest BCUT2D eigenvalue weighted by molar-refractivity contribution is 0.0939. The fourth-order valence-electron chi connectivity index (χ4n) is 3.98. The molecule has 1 atom stereocenters. The van der Waals surface area contributed by atoms with Crippen molar-refractivity contribution in [3.63, 3.8) is 0 Å². The summed E-state index contributed by atoms with van der Waals surface area (Å²) >= 11 is 1.56. The maximum atomic E-state index is 14.3. The van der Waals surface area contributed by atoms with Crippen molar-refractivity contribution in [3.05, 3.63) is 114 Å². The molecule has 0 aliphatic heterocycles. The average Bonchev–Trinajstić information content (AvgIpc) is 3.52. The van der Waals surface area contributed by atoms with E-state index in [4.69, 9.17) is 9.40 Å². The highest BCUT2D eigenvalue weighted by atomic mass is 32.2. The van der Waals surface area contributed by atoms with Crippen molar-refractivity contribution in [3.8, 4) is 0 Å². The van der Waals surface area contributed by atoms with E-state index >= 15 is 0 Å². The zero-order valence-corrected chi connectivity index (χ0v) is 20.5. The van der Waals surface area contributed by atoms with Gasteiger partial charge in [0.1, 0.15) is 17.1 Å². The number of carbonyl (C=O) groups is 1. The van der Waals surface area contributed by atoms with Gasteiger partial charge in [0, 0.05) is 35.5 Å². The largest absolute Gasteiger partial charge is 0.469 e. The predicted octanol–water partition coefficient (Wildman–Crippen LogP) is 5.87. The van der Waals surface area contributed by atoms with Crippen LogP contribution >= 0.6 is 11.8 Å². The van der Waals surface area contributed by atoms with Gasteiger partial charge in [0.2, 0.25) is 0 Å². The van der Waals surface area contributed by atoms with Gasteiger partial charge in [0.15, 0.2) is 10.8 Å². The van der Waals surface area contributed by atoms with Crippen molar-refractivity contribution in [2.24, 2.45) is 0 Å². The SMILES string of the molecule is CC(Cc1ccco1)NC(=O)c1ccc(CSc2nc3cccnc3n2Cc2ccccc2F)cc1. The van der Waals surface area contributed by atoms with Gasteiger partial charge in [0.05, 0.1) is 12.8 Å². The summed E-state index contributed by atoms with van der Waals surface area (Å²) in [7, 11) is 0. The number of fused-ring (bicyclic) bond motifs is 1. The van der Waals surface area contributed by atoms with Crippen molar-refractivity contribution in [1.82, 2.24) is 19.9 Å². The van der Waals surface area contributed by atoms with Gasteiger partial charge in [-0.05, 0) is 55.0 Å². The molecule has 5 aromatic rings. The number of nitrogens with zero attached hydrogens (tertiary/aromatic N) is 3. The molecule has 3 heterocycles. The molecule has 6 nitrogen and oxygen atoms in total. The summed E-state index contributed by atoms with van der Waals surface area (Å²) in [5, 5.41) is 3.77. The van der Waals surface area contributed by atoms with Gasteiger partial charge in [-0.2, -0.15) is 0 Å². The second-order valence-corrected chi connectivity index (χ2v) is 9.50.